The van der Waals surface area contributed by atoms with Crippen LogP contribution in [0, 0.1) is 11.8 Å². The highest BCUT2D eigenvalue weighted by Gasteiger charge is 2.34. The van der Waals surface area contributed by atoms with E-state index in [0.717, 1.165) is 36.1 Å². The Morgan fingerprint density at radius 2 is 1.76 bits per heavy atom. The van der Waals surface area contributed by atoms with Crippen molar-refractivity contribution < 1.29 is 9.53 Å². The average molecular weight is 338 g/mol. The fraction of sp³-hybridized carbons (Fsp3) is 0.381. The summed E-state index contributed by atoms with van der Waals surface area (Å²) < 4.78 is 5.66. The summed E-state index contributed by atoms with van der Waals surface area (Å²) in [6.07, 6.45) is 2.43. The average Bonchev–Trinajstić information content (AvgIpc) is 3.04. The van der Waals surface area contributed by atoms with Crippen molar-refractivity contribution in [1.82, 2.24) is 0 Å². The quantitative estimate of drug-likeness (QED) is 0.833. The van der Waals surface area contributed by atoms with Crippen molar-refractivity contribution in [1.29, 1.82) is 0 Å². The van der Waals surface area contributed by atoms with Crippen LogP contribution in [0.1, 0.15) is 26.2 Å². The van der Waals surface area contributed by atoms with Gasteiger partial charge in [-0.25, -0.2) is 4.79 Å². The second-order valence-corrected chi connectivity index (χ2v) is 6.70. The predicted molar refractivity (Wildman–Crippen MR) is 101 cm³/mol. The van der Waals surface area contributed by atoms with Crippen LogP contribution in [0.3, 0.4) is 0 Å². The smallest absolute Gasteiger partial charge is 0.411 e. The lowest BCUT2D eigenvalue weighted by atomic mass is 9.94. The molecule has 1 saturated carbocycles. The summed E-state index contributed by atoms with van der Waals surface area (Å²) >= 11 is 0. The van der Waals surface area contributed by atoms with Gasteiger partial charge in [0.25, 0.3) is 0 Å². The largest absolute Gasteiger partial charge is 0.446 e. The van der Waals surface area contributed by atoms with Gasteiger partial charge in [0.2, 0.25) is 0 Å². The number of nitrogens with one attached hydrogen (secondary N) is 1. The van der Waals surface area contributed by atoms with Gasteiger partial charge in [0.05, 0.1) is 5.69 Å². The Morgan fingerprint density at radius 1 is 1.08 bits per heavy atom. The van der Waals surface area contributed by atoms with Crippen molar-refractivity contribution in [2.45, 2.75) is 32.3 Å². The summed E-state index contributed by atoms with van der Waals surface area (Å²) in [6.45, 7) is 2.84. The normalized spacial score (nSPS) is 22.6. The molecule has 1 aliphatic carbocycles. The monoisotopic (exact) mass is 338 g/mol. The maximum Gasteiger partial charge on any atom is 0.411 e. The summed E-state index contributed by atoms with van der Waals surface area (Å²) in [7, 11) is 0. The molecule has 25 heavy (non-hydrogen) atoms. The second-order valence-electron chi connectivity index (χ2n) is 6.70. The summed E-state index contributed by atoms with van der Waals surface area (Å²) in [5.74, 6) is 1.01. The standard InChI is InChI=1S/C21H26N2O2/c1-2-15-12-18(13-17(15)14-22)25-21(24)23-20-11-7-6-10-19(20)16-8-4-3-5-9-16/h3-11,15,17-18H,2,12-14,22H2,1H3,(H,23,24). The van der Waals surface area contributed by atoms with E-state index in [0.29, 0.717) is 18.4 Å². The Balaban J connectivity index is 1.66. The molecule has 0 radical (unpaired) electrons. The van der Waals surface area contributed by atoms with Crippen molar-refractivity contribution in [2.24, 2.45) is 17.6 Å². The zero-order valence-electron chi connectivity index (χ0n) is 14.7. The minimum absolute atomic E-state index is 0.0395. The van der Waals surface area contributed by atoms with Gasteiger partial charge >= 0.3 is 6.09 Å². The molecule has 1 amide bonds. The van der Waals surface area contributed by atoms with Crippen molar-refractivity contribution in [3.05, 3.63) is 54.6 Å². The van der Waals surface area contributed by atoms with E-state index in [4.69, 9.17) is 10.5 Å². The predicted octanol–water partition coefficient (Wildman–Crippen LogP) is 4.67. The van der Waals surface area contributed by atoms with Crippen LogP contribution in [-0.4, -0.2) is 18.7 Å². The Hall–Kier alpha value is -2.33. The lowest BCUT2D eigenvalue weighted by Gasteiger charge is -2.15. The van der Waals surface area contributed by atoms with E-state index in [9.17, 15) is 4.79 Å². The van der Waals surface area contributed by atoms with E-state index >= 15 is 0 Å². The maximum atomic E-state index is 12.4. The van der Waals surface area contributed by atoms with Crippen LogP contribution in [0.4, 0.5) is 10.5 Å². The number of hydrogen-bond acceptors (Lipinski definition) is 3. The molecule has 0 aliphatic heterocycles. The minimum Gasteiger partial charge on any atom is -0.446 e. The first-order chi connectivity index (χ1) is 12.2. The van der Waals surface area contributed by atoms with Crippen molar-refractivity contribution in [3.8, 4) is 11.1 Å². The fourth-order valence-electron chi connectivity index (χ4n) is 3.79. The summed E-state index contributed by atoms with van der Waals surface area (Å²) in [5, 5.41) is 2.91. The summed E-state index contributed by atoms with van der Waals surface area (Å²) in [6, 6.07) is 17.8. The Bertz CT molecular complexity index is 690. The number of anilines is 1. The SMILES string of the molecule is CCC1CC(OC(=O)Nc2ccccc2-c2ccccc2)CC1CN. The molecule has 1 fully saturated rings. The van der Waals surface area contributed by atoms with Gasteiger partial charge in [-0.1, -0.05) is 61.9 Å². The molecule has 3 atom stereocenters. The lowest BCUT2D eigenvalue weighted by Crippen LogP contribution is -2.21. The van der Waals surface area contributed by atoms with Gasteiger partial charge < -0.3 is 10.5 Å². The Labute approximate surface area is 149 Å². The van der Waals surface area contributed by atoms with Crippen LogP contribution in [0.2, 0.25) is 0 Å². The van der Waals surface area contributed by atoms with Gasteiger partial charge in [-0.15, -0.1) is 0 Å². The van der Waals surface area contributed by atoms with Gasteiger partial charge in [0.15, 0.2) is 0 Å². The zero-order chi connectivity index (χ0) is 17.6. The highest BCUT2D eigenvalue weighted by Crippen LogP contribution is 2.35. The molecule has 0 aromatic heterocycles. The van der Waals surface area contributed by atoms with Gasteiger partial charge in [0.1, 0.15) is 6.10 Å². The number of amides is 1. The molecule has 0 bridgehead atoms. The van der Waals surface area contributed by atoms with Crippen molar-refractivity contribution in [2.75, 3.05) is 11.9 Å². The molecule has 1 aliphatic rings. The third-order valence-electron chi connectivity index (χ3n) is 5.15. The second kappa shape index (κ2) is 8.17. The van der Waals surface area contributed by atoms with E-state index in [1.165, 1.54) is 0 Å². The van der Waals surface area contributed by atoms with Crippen LogP contribution in [0.25, 0.3) is 11.1 Å². The molecule has 2 aromatic rings. The maximum absolute atomic E-state index is 12.4. The minimum atomic E-state index is -0.388. The number of ether oxygens (including phenoxy) is 1. The van der Waals surface area contributed by atoms with Crippen molar-refractivity contribution >= 4 is 11.8 Å². The van der Waals surface area contributed by atoms with E-state index in [2.05, 4.69) is 12.2 Å². The molecule has 3 unspecified atom stereocenters. The first-order valence-electron chi connectivity index (χ1n) is 9.03. The number of carbonyl (C=O) groups excluding carboxylic acids is 1. The number of carbonyl (C=O) groups is 1. The molecule has 4 nitrogen and oxygen atoms in total. The van der Waals surface area contributed by atoms with Crippen LogP contribution in [0.5, 0.6) is 0 Å². The first kappa shape index (κ1) is 17.5. The number of rotatable bonds is 5. The van der Waals surface area contributed by atoms with E-state index in [1.807, 2.05) is 54.6 Å². The zero-order valence-corrected chi connectivity index (χ0v) is 14.7. The molecular weight excluding hydrogens is 312 g/mol. The Morgan fingerprint density at radius 3 is 2.44 bits per heavy atom. The molecule has 3 rings (SSSR count). The highest BCUT2D eigenvalue weighted by molar-refractivity contribution is 5.91. The Kier molecular flexibility index (Phi) is 5.71. The molecule has 0 saturated heterocycles. The number of para-hydroxylation sites is 1. The molecule has 3 N–H and O–H groups in total. The number of benzene rings is 2. The first-order valence-corrected chi connectivity index (χ1v) is 9.03. The van der Waals surface area contributed by atoms with Crippen LogP contribution in [0.15, 0.2) is 54.6 Å². The van der Waals surface area contributed by atoms with Crippen LogP contribution in [-0.2, 0) is 4.74 Å². The van der Waals surface area contributed by atoms with E-state index in [-0.39, 0.29) is 12.2 Å². The molecule has 2 aromatic carbocycles. The van der Waals surface area contributed by atoms with E-state index in [1.54, 1.807) is 0 Å². The van der Waals surface area contributed by atoms with Gasteiger partial charge in [0, 0.05) is 5.56 Å². The van der Waals surface area contributed by atoms with Crippen molar-refractivity contribution in [3.63, 3.8) is 0 Å². The van der Waals surface area contributed by atoms with Gasteiger partial charge in [-0.3, -0.25) is 5.32 Å². The molecule has 4 heteroatoms. The van der Waals surface area contributed by atoms with Gasteiger partial charge in [-0.05, 0) is 42.9 Å². The molecule has 132 valence electrons. The topological polar surface area (TPSA) is 64.3 Å². The third-order valence-corrected chi connectivity index (χ3v) is 5.15. The van der Waals surface area contributed by atoms with E-state index < -0.39 is 0 Å². The third kappa shape index (κ3) is 4.20. The molecule has 0 spiro atoms. The fourth-order valence-corrected chi connectivity index (χ4v) is 3.79. The molecule has 0 heterocycles. The summed E-state index contributed by atoms with van der Waals surface area (Å²) in [4.78, 5) is 12.4. The summed E-state index contributed by atoms with van der Waals surface area (Å²) in [5.41, 5.74) is 8.66. The van der Waals surface area contributed by atoms with Crippen LogP contribution >= 0.6 is 0 Å². The molecular formula is C21H26N2O2. The lowest BCUT2D eigenvalue weighted by molar-refractivity contribution is 0.111. The number of hydrogen-bond donors (Lipinski definition) is 2. The number of nitrogens with two attached hydrogens (primary N) is 1. The van der Waals surface area contributed by atoms with Crippen LogP contribution < -0.4 is 11.1 Å². The van der Waals surface area contributed by atoms with Gasteiger partial charge in [-0.2, -0.15) is 0 Å². The highest BCUT2D eigenvalue weighted by atomic mass is 16.6.